The third kappa shape index (κ3) is 4.55. The van der Waals surface area contributed by atoms with E-state index in [1.807, 2.05) is 37.3 Å². The molecule has 2 nitrogen and oxygen atoms in total. The first-order chi connectivity index (χ1) is 10.1. The molecule has 0 spiro atoms. The normalized spacial score (nSPS) is 12.2. The SMILES string of the molecule is CCN(CCC(O)c1cccc(Br)c1)c1cccc(F)c1. The van der Waals surface area contributed by atoms with Crippen LogP contribution in [0.15, 0.2) is 53.0 Å². The van der Waals surface area contributed by atoms with Crippen molar-refractivity contribution in [1.29, 1.82) is 0 Å². The molecule has 0 aliphatic rings. The molecule has 0 aromatic heterocycles. The molecule has 1 N–H and O–H groups in total. The van der Waals surface area contributed by atoms with Gasteiger partial charge in [-0.2, -0.15) is 0 Å². The van der Waals surface area contributed by atoms with E-state index in [2.05, 4.69) is 20.8 Å². The average molecular weight is 352 g/mol. The van der Waals surface area contributed by atoms with Crippen molar-refractivity contribution in [2.75, 3.05) is 18.0 Å². The van der Waals surface area contributed by atoms with E-state index in [0.717, 1.165) is 22.3 Å². The van der Waals surface area contributed by atoms with E-state index in [0.29, 0.717) is 13.0 Å². The van der Waals surface area contributed by atoms with Crippen LogP contribution in [0.5, 0.6) is 0 Å². The van der Waals surface area contributed by atoms with Gasteiger partial charge in [-0.25, -0.2) is 4.39 Å². The van der Waals surface area contributed by atoms with Crippen molar-refractivity contribution in [2.45, 2.75) is 19.4 Å². The molecule has 2 aromatic carbocycles. The molecule has 0 amide bonds. The van der Waals surface area contributed by atoms with E-state index in [1.165, 1.54) is 12.1 Å². The molecule has 0 aliphatic carbocycles. The Morgan fingerprint density at radius 3 is 2.62 bits per heavy atom. The molecule has 21 heavy (non-hydrogen) atoms. The molecule has 0 saturated heterocycles. The third-order valence-corrected chi connectivity index (χ3v) is 3.95. The highest BCUT2D eigenvalue weighted by atomic mass is 79.9. The molecule has 112 valence electrons. The van der Waals surface area contributed by atoms with Crippen LogP contribution >= 0.6 is 15.9 Å². The highest BCUT2D eigenvalue weighted by Crippen LogP contribution is 2.22. The molecule has 2 rings (SSSR count). The molecule has 2 aromatic rings. The van der Waals surface area contributed by atoms with Crippen LogP contribution in [0.4, 0.5) is 10.1 Å². The molecule has 0 heterocycles. The van der Waals surface area contributed by atoms with Crippen molar-refractivity contribution in [3.63, 3.8) is 0 Å². The quantitative estimate of drug-likeness (QED) is 0.825. The van der Waals surface area contributed by atoms with Gasteiger partial charge in [0.25, 0.3) is 0 Å². The number of aliphatic hydroxyl groups excluding tert-OH is 1. The first-order valence-electron chi connectivity index (χ1n) is 7.04. The van der Waals surface area contributed by atoms with Crippen molar-refractivity contribution in [1.82, 2.24) is 0 Å². The maximum atomic E-state index is 13.3. The van der Waals surface area contributed by atoms with Crippen LogP contribution in [0.2, 0.25) is 0 Å². The minimum atomic E-state index is -0.523. The number of aliphatic hydroxyl groups is 1. The molecular weight excluding hydrogens is 333 g/mol. The van der Waals surface area contributed by atoms with Gasteiger partial charge in [0.1, 0.15) is 5.82 Å². The summed E-state index contributed by atoms with van der Waals surface area (Å²) in [6.07, 6.45) is 0.0750. The zero-order valence-corrected chi connectivity index (χ0v) is 13.6. The lowest BCUT2D eigenvalue weighted by Crippen LogP contribution is -2.25. The fourth-order valence-electron chi connectivity index (χ4n) is 2.30. The van der Waals surface area contributed by atoms with Crippen LogP contribution in [-0.4, -0.2) is 18.2 Å². The van der Waals surface area contributed by atoms with Crippen molar-refractivity contribution in [3.8, 4) is 0 Å². The number of rotatable bonds is 6. The van der Waals surface area contributed by atoms with Gasteiger partial charge >= 0.3 is 0 Å². The van der Waals surface area contributed by atoms with Gasteiger partial charge in [-0.1, -0.05) is 34.1 Å². The Morgan fingerprint density at radius 2 is 1.95 bits per heavy atom. The number of hydrogen-bond donors (Lipinski definition) is 1. The topological polar surface area (TPSA) is 23.5 Å². The lowest BCUT2D eigenvalue weighted by Gasteiger charge is -2.24. The van der Waals surface area contributed by atoms with E-state index >= 15 is 0 Å². The summed E-state index contributed by atoms with van der Waals surface area (Å²) in [7, 11) is 0. The summed E-state index contributed by atoms with van der Waals surface area (Å²) in [6, 6.07) is 14.2. The van der Waals surface area contributed by atoms with Crippen molar-refractivity contribution < 1.29 is 9.50 Å². The summed E-state index contributed by atoms with van der Waals surface area (Å²) in [4.78, 5) is 2.06. The van der Waals surface area contributed by atoms with E-state index < -0.39 is 6.10 Å². The van der Waals surface area contributed by atoms with Gasteiger partial charge in [-0.05, 0) is 49.2 Å². The second-order valence-electron chi connectivity index (χ2n) is 4.92. The zero-order chi connectivity index (χ0) is 15.2. The van der Waals surface area contributed by atoms with Gasteiger partial charge in [0, 0.05) is 23.2 Å². The Labute approximate surface area is 133 Å². The van der Waals surface area contributed by atoms with Crippen LogP contribution in [0.1, 0.15) is 25.0 Å². The minimum absolute atomic E-state index is 0.238. The maximum Gasteiger partial charge on any atom is 0.125 e. The fraction of sp³-hybridized carbons (Fsp3) is 0.294. The monoisotopic (exact) mass is 351 g/mol. The highest BCUT2D eigenvalue weighted by Gasteiger charge is 2.11. The van der Waals surface area contributed by atoms with Gasteiger partial charge in [-0.15, -0.1) is 0 Å². The number of hydrogen-bond acceptors (Lipinski definition) is 2. The summed E-state index contributed by atoms with van der Waals surface area (Å²) in [5, 5.41) is 10.3. The first kappa shape index (κ1) is 16.0. The summed E-state index contributed by atoms with van der Waals surface area (Å²) >= 11 is 3.41. The molecule has 0 radical (unpaired) electrons. The molecule has 0 fully saturated rings. The second-order valence-corrected chi connectivity index (χ2v) is 5.83. The van der Waals surface area contributed by atoms with Crippen molar-refractivity contribution in [3.05, 3.63) is 64.4 Å². The van der Waals surface area contributed by atoms with Gasteiger partial charge in [0.05, 0.1) is 6.10 Å². The van der Waals surface area contributed by atoms with E-state index in [1.54, 1.807) is 6.07 Å². The summed E-state index contributed by atoms with van der Waals surface area (Å²) in [6.45, 7) is 3.47. The van der Waals surface area contributed by atoms with E-state index in [4.69, 9.17) is 0 Å². The van der Waals surface area contributed by atoms with Gasteiger partial charge in [-0.3, -0.25) is 0 Å². The van der Waals surface area contributed by atoms with Gasteiger partial charge in [0.15, 0.2) is 0 Å². The summed E-state index contributed by atoms with van der Waals surface area (Å²) in [5.74, 6) is -0.238. The van der Waals surface area contributed by atoms with Crippen LogP contribution in [0, 0.1) is 5.82 Å². The second kappa shape index (κ2) is 7.57. The molecular formula is C17H19BrFNO. The van der Waals surface area contributed by atoms with E-state index in [-0.39, 0.29) is 5.82 Å². The predicted octanol–water partition coefficient (Wildman–Crippen LogP) is 4.54. The maximum absolute atomic E-state index is 13.3. The fourth-order valence-corrected chi connectivity index (χ4v) is 2.72. The number of benzene rings is 2. The van der Waals surface area contributed by atoms with Crippen LogP contribution in [0.25, 0.3) is 0 Å². The highest BCUT2D eigenvalue weighted by molar-refractivity contribution is 9.10. The van der Waals surface area contributed by atoms with Crippen LogP contribution in [-0.2, 0) is 0 Å². The standard InChI is InChI=1S/C17H19BrFNO/c1-2-20(16-8-4-7-15(19)12-16)10-9-17(21)13-5-3-6-14(18)11-13/h3-8,11-12,17,21H,2,9-10H2,1H3. The van der Waals surface area contributed by atoms with Crippen molar-refractivity contribution >= 4 is 21.6 Å². The first-order valence-corrected chi connectivity index (χ1v) is 7.83. The zero-order valence-electron chi connectivity index (χ0n) is 12.0. The number of halogens is 2. The molecule has 0 aliphatic heterocycles. The van der Waals surface area contributed by atoms with Gasteiger partial charge < -0.3 is 10.0 Å². The minimum Gasteiger partial charge on any atom is -0.388 e. The van der Waals surface area contributed by atoms with Crippen LogP contribution in [0.3, 0.4) is 0 Å². The van der Waals surface area contributed by atoms with E-state index in [9.17, 15) is 9.50 Å². The Kier molecular flexibility index (Phi) is 5.76. The lowest BCUT2D eigenvalue weighted by molar-refractivity contribution is 0.169. The number of anilines is 1. The van der Waals surface area contributed by atoms with Gasteiger partial charge in [0.2, 0.25) is 0 Å². The molecule has 1 unspecified atom stereocenters. The Hall–Kier alpha value is -1.39. The molecule has 1 atom stereocenters. The Morgan fingerprint density at radius 1 is 1.19 bits per heavy atom. The number of nitrogens with zero attached hydrogens (tertiary/aromatic N) is 1. The Balaban J connectivity index is 2.00. The smallest absolute Gasteiger partial charge is 0.125 e. The largest absolute Gasteiger partial charge is 0.388 e. The van der Waals surface area contributed by atoms with Crippen LogP contribution < -0.4 is 4.90 Å². The molecule has 0 saturated carbocycles. The predicted molar refractivity (Wildman–Crippen MR) is 88.0 cm³/mol. The summed E-state index contributed by atoms with van der Waals surface area (Å²) < 4.78 is 14.2. The molecule has 4 heteroatoms. The molecule has 0 bridgehead atoms. The average Bonchev–Trinajstić information content (AvgIpc) is 2.48. The van der Waals surface area contributed by atoms with Crippen molar-refractivity contribution in [2.24, 2.45) is 0 Å². The summed E-state index contributed by atoms with van der Waals surface area (Å²) in [5.41, 5.74) is 1.73. The Bertz CT molecular complexity index is 591. The third-order valence-electron chi connectivity index (χ3n) is 3.46. The lowest BCUT2D eigenvalue weighted by atomic mass is 10.1.